The van der Waals surface area contributed by atoms with Crippen molar-refractivity contribution in [3.8, 4) is 5.69 Å². The van der Waals surface area contributed by atoms with E-state index in [1.807, 2.05) is 10.9 Å². The van der Waals surface area contributed by atoms with Crippen molar-refractivity contribution >= 4 is 6.08 Å². The zero-order valence-corrected chi connectivity index (χ0v) is 13.6. The molecule has 0 N–H and O–H groups in total. The first-order valence-electron chi connectivity index (χ1n) is 8.31. The molecule has 4 rings (SSSR count). The molecule has 23 heavy (non-hydrogen) atoms. The van der Waals surface area contributed by atoms with Gasteiger partial charge in [0.1, 0.15) is 5.82 Å². The number of benzene rings is 1. The number of fused-ring (bicyclic) bond motifs is 2. The summed E-state index contributed by atoms with van der Waals surface area (Å²) in [5.41, 5.74) is 6.55. The first-order chi connectivity index (χ1) is 11.1. The van der Waals surface area contributed by atoms with Gasteiger partial charge < -0.3 is 0 Å². The van der Waals surface area contributed by atoms with Gasteiger partial charge in [0.05, 0.1) is 17.6 Å². The third kappa shape index (κ3) is 2.18. The lowest BCUT2D eigenvalue weighted by atomic mass is 9.63. The Kier molecular flexibility index (Phi) is 3.26. The Labute approximate surface area is 136 Å². The van der Waals surface area contributed by atoms with Crippen LogP contribution in [-0.4, -0.2) is 9.78 Å². The molecule has 1 atom stereocenters. The van der Waals surface area contributed by atoms with Gasteiger partial charge >= 0.3 is 0 Å². The average Bonchev–Trinajstić information content (AvgIpc) is 2.94. The number of hydrogen-bond donors (Lipinski definition) is 0. The van der Waals surface area contributed by atoms with Gasteiger partial charge in [0, 0.05) is 5.41 Å². The van der Waals surface area contributed by atoms with Crippen LogP contribution in [0.25, 0.3) is 11.8 Å². The molecule has 0 amide bonds. The van der Waals surface area contributed by atoms with Crippen LogP contribution in [0, 0.1) is 11.2 Å². The van der Waals surface area contributed by atoms with Gasteiger partial charge in [-0.2, -0.15) is 5.10 Å². The number of aromatic nitrogens is 2. The first kappa shape index (κ1) is 14.4. The number of halogens is 1. The number of hydrogen-bond acceptors (Lipinski definition) is 1. The Morgan fingerprint density at radius 1 is 1.22 bits per heavy atom. The topological polar surface area (TPSA) is 17.8 Å². The molecule has 0 saturated heterocycles. The van der Waals surface area contributed by atoms with Crippen molar-refractivity contribution < 1.29 is 4.39 Å². The SMILES string of the molecule is C/C=C1\CCCC2=Cc3c(cnn3-c3ccc(F)cc3)C[C@@]21C. The highest BCUT2D eigenvalue weighted by Crippen LogP contribution is 2.50. The van der Waals surface area contributed by atoms with Crippen LogP contribution < -0.4 is 0 Å². The van der Waals surface area contributed by atoms with Crippen molar-refractivity contribution in [2.24, 2.45) is 5.41 Å². The molecule has 2 aliphatic carbocycles. The lowest BCUT2D eigenvalue weighted by molar-refractivity contribution is 0.399. The van der Waals surface area contributed by atoms with Gasteiger partial charge in [0.25, 0.3) is 0 Å². The molecule has 0 spiro atoms. The summed E-state index contributed by atoms with van der Waals surface area (Å²) in [7, 11) is 0. The Balaban J connectivity index is 1.82. The number of nitrogens with zero attached hydrogens (tertiary/aromatic N) is 2. The standard InChI is InChI=1S/C20H21FN2/c1-3-15-5-4-6-16-11-19-14(12-20(15,16)2)13-22-23(19)18-9-7-17(21)8-10-18/h3,7-11,13H,4-6,12H2,1-2H3/b15-3+/t20-/m1/s1. The molecule has 2 aliphatic rings. The first-order valence-corrected chi connectivity index (χ1v) is 8.31. The van der Waals surface area contributed by atoms with E-state index in [9.17, 15) is 4.39 Å². The summed E-state index contributed by atoms with van der Waals surface area (Å²) in [5, 5.41) is 4.57. The van der Waals surface area contributed by atoms with Crippen molar-refractivity contribution in [2.45, 2.75) is 39.5 Å². The molecule has 3 heteroatoms. The predicted octanol–water partition coefficient (Wildman–Crippen LogP) is 5.09. The van der Waals surface area contributed by atoms with Gasteiger partial charge in [-0.05, 0) is 68.5 Å². The summed E-state index contributed by atoms with van der Waals surface area (Å²) >= 11 is 0. The van der Waals surface area contributed by atoms with E-state index in [2.05, 4.69) is 31.1 Å². The monoisotopic (exact) mass is 308 g/mol. The summed E-state index contributed by atoms with van der Waals surface area (Å²) in [6.45, 7) is 4.52. The third-order valence-electron chi connectivity index (χ3n) is 5.47. The Morgan fingerprint density at radius 3 is 2.74 bits per heavy atom. The third-order valence-corrected chi connectivity index (χ3v) is 5.47. The fraction of sp³-hybridized carbons (Fsp3) is 0.350. The summed E-state index contributed by atoms with van der Waals surface area (Å²) in [5.74, 6) is -0.217. The molecule has 0 bridgehead atoms. The highest BCUT2D eigenvalue weighted by molar-refractivity contribution is 5.63. The van der Waals surface area contributed by atoms with Gasteiger partial charge in [0.2, 0.25) is 0 Å². The van der Waals surface area contributed by atoms with Crippen LogP contribution in [0.4, 0.5) is 4.39 Å². The molecule has 1 aromatic carbocycles. The molecule has 2 nitrogen and oxygen atoms in total. The van der Waals surface area contributed by atoms with Crippen LogP contribution in [0.2, 0.25) is 0 Å². The summed E-state index contributed by atoms with van der Waals surface area (Å²) in [6.07, 6.45) is 11.2. The van der Waals surface area contributed by atoms with Crippen LogP contribution in [0.3, 0.4) is 0 Å². The smallest absolute Gasteiger partial charge is 0.123 e. The maximum absolute atomic E-state index is 13.2. The lowest BCUT2D eigenvalue weighted by Gasteiger charge is -2.41. The molecular weight excluding hydrogens is 287 g/mol. The van der Waals surface area contributed by atoms with E-state index >= 15 is 0 Å². The van der Waals surface area contributed by atoms with Gasteiger partial charge in [0.15, 0.2) is 0 Å². The number of allylic oxidation sites excluding steroid dienone is 3. The van der Waals surface area contributed by atoms with Crippen molar-refractivity contribution in [3.05, 3.63) is 64.8 Å². The predicted molar refractivity (Wildman–Crippen MR) is 90.9 cm³/mol. The minimum atomic E-state index is -0.217. The van der Waals surface area contributed by atoms with Crippen molar-refractivity contribution in [2.75, 3.05) is 0 Å². The second-order valence-electron chi connectivity index (χ2n) is 6.79. The van der Waals surface area contributed by atoms with Gasteiger partial charge in [-0.25, -0.2) is 9.07 Å². The Hall–Kier alpha value is -2.16. The van der Waals surface area contributed by atoms with Gasteiger partial charge in [-0.3, -0.25) is 0 Å². The molecule has 1 heterocycles. The van der Waals surface area contributed by atoms with Crippen LogP contribution in [0.5, 0.6) is 0 Å². The van der Waals surface area contributed by atoms with E-state index in [1.165, 1.54) is 36.1 Å². The summed E-state index contributed by atoms with van der Waals surface area (Å²) in [6, 6.07) is 6.55. The molecule has 0 unspecified atom stereocenters. The van der Waals surface area contributed by atoms with E-state index in [0.29, 0.717) is 0 Å². The minimum Gasteiger partial charge on any atom is -0.233 e. The molecule has 2 aromatic rings. The molecule has 0 radical (unpaired) electrons. The number of rotatable bonds is 1. The highest BCUT2D eigenvalue weighted by atomic mass is 19.1. The van der Waals surface area contributed by atoms with Crippen molar-refractivity contribution in [3.63, 3.8) is 0 Å². The van der Waals surface area contributed by atoms with Crippen LogP contribution in [0.15, 0.2) is 47.7 Å². The largest absolute Gasteiger partial charge is 0.233 e. The van der Waals surface area contributed by atoms with E-state index in [4.69, 9.17) is 0 Å². The Bertz CT molecular complexity index is 811. The van der Waals surface area contributed by atoms with E-state index < -0.39 is 0 Å². The van der Waals surface area contributed by atoms with Gasteiger partial charge in [-0.1, -0.05) is 24.1 Å². The molecule has 1 aromatic heterocycles. The molecule has 0 aliphatic heterocycles. The Morgan fingerprint density at radius 2 is 2.00 bits per heavy atom. The van der Waals surface area contributed by atoms with Crippen LogP contribution in [-0.2, 0) is 6.42 Å². The van der Waals surface area contributed by atoms with Crippen molar-refractivity contribution in [1.82, 2.24) is 9.78 Å². The normalized spacial score (nSPS) is 25.0. The van der Waals surface area contributed by atoms with Crippen molar-refractivity contribution in [1.29, 1.82) is 0 Å². The maximum Gasteiger partial charge on any atom is 0.123 e. The second-order valence-corrected chi connectivity index (χ2v) is 6.79. The lowest BCUT2D eigenvalue weighted by Crippen LogP contribution is -2.31. The fourth-order valence-electron chi connectivity index (χ4n) is 4.16. The van der Waals surface area contributed by atoms with Gasteiger partial charge in [-0.15, -0.1) is 0 Å². The average molecular weight is 308 g/mol. The molecule has 118 valence electrons. The van der Waals surface area contributed by atoms with E-state index in [0.717, 1.165) is 24.2 Å². The fourth-order valence-corrected chi connectivity index (χ4v) is 4.16. The molecular formula is C20H21FN2. The molecule has 1 saturated carbocycles. The van der Waals surface area contributed by atoms with E-state index in [-0.39, 0.29) is 11.2 Å². The van der Waals surface area contributed by atoms with E-state index in [1.54, 1.807) is 17.7 Å². The quantitative estimate of drug-likeness (QED) is 0.671. The molecule has 1 fully saturated rings. The second kappa shape index (κ2) is 5.19. The summed E-state index contributed by atoms with van der Waals surface area (Å²) < 4.78 is 15.1. The maximum atomic E-state index is 13.2. The highest BCUT2D eigenvalue weighted by Gasteiger charge is 2.39. The van der Waals surface area contributed by atoms with Crippen LogP contribution >= 0.6 is 0 Å². The zero-order chi connectivity index (χ0) is 16.0. The summed E-state index contributed by atoms with van der Waals surface area (Å²) in [4.78, 5) is 0. The van der Waals surface area contributed by atoms with Crippen LogP contribution in [0.1, 0.15) is 44.4 Å². The minimum absolute atomic E-state index is 0.149. The zero-order valence-electron chi connectivity index (χ0n) is 13.6.